The third-order valence-corrected chi connectivity index (χ3v) is 5.11. The number of nitrogens with one attached hydrogen (secondary N) is 2. The van der Waals surface area contributed by atoms with Crippen LogP contribution in [0.25, 0.3) is 10.9 Å². The van der Waals surface area contributed by atoms with Crippen LogP contribution < -0.4 is 10.5 Å². The lowest BCUT2D eigenvalue weighted by Crippen LogP contribution is -2.35. The van der Waals surface area contributed by atoms with Gasteiger partial charge in [-0.2, -0.15) is 0 Å². The second-order valence-corrected chi connectivity index (χ2v) is 6.74. The zero-order valence-corrected chi connectivity index (χ0v) is 11.8. The highest BCUT2D eigenvalue weighted by atomic mass is 32.2. The van der Waals surface area contributed by atoms with Gasteiger partial charge >= 0.3 is 0 Å². The molecule has 0 amide bonds. The number of aromatic nitrogens is 1. The highest BCUT2D eigenvalue weighted by Gasteiger charge is 2.23. The first kappa shape index (κ1) is 13.2. The first-order valence-corrected chi connectivity index (χ1v) is 8.08. The van der Waals surface area contributed by atoms with E-state index >= 15 is 0 Å². The average molecular weight is 291 g/mol. The van der Waals surface area contributed by atoms with Crippen LogP contribution in [0, 0.1) is 0 Å². The van der Waals surface area contributed by atoms with E-state index in [-0.39, 0.29) is 10.9 Å². The minimum absolute atomic E-state index is 0.0243. The Hall–Kier alpha value is -1.79. The van der Waals surface area contributed by atoms with E-state index < -0.39 is 10.0 Å². The van der Waals surface area contributed by atoms with E-state index in [1.54, 1.807) is 18.2 Å². The van der Waals surface area contributed by atoms with Crippen molar-refractivity contribution in [2.24, 2.45) is 0 Å². The monoisotopic (exact) mass is 291 g/mol. The Morgan fingerprint density at radius 3 is 2.90 bits per heavy atom. The van der Waals surface area contributed by atoms with Crippen LogP contribution in [0.5, 0.6) is 0 Å². The number of benzene rings is 1. The average Bonchev–Trinajstić information content (AvgIpc) is 2.83. The number of allylic oxidation sites excluding steroid dienone is 1. The van der Waals surface area contributed by atoms with Gasteiger partial charge < -0.3 is 10.7 Å². The smallest absolute Gasteiger partial charge is 0.242 e. The molecule has 0 aliphatic heterocycles. The zero-order valence-electron chi connectivity index (χ0n) is 11.0. The molecule has 1 aromatic carbocycles. The normalized spacial score (nSPS) is 19.5. The van der Waals surface area contributed by atoms with E-state index in [2.05, 4.69) is 15.8 Å². The minimum Gasteiger partial charge on any atom is -0.399 e. The number of sulfonamides is 1. The van der Waals surface area contributed by atoms with Crippen LogP contribution in [0.3, 0.4) is 0 Å². The van der Waals surface area contributed by atoms with Crippen LogP contribution in [0.15, 0.2) is 41.4 Å². The van der Waals surface area contributed by atoms with Crippen LogP contribution in [0.1, 0.15) is 19.3 Å². The Bertz CT molecular complexity index is 762. The molecule has 0 bridgehead atoms. The van der Waals surface area contributed by atoms with Gasteiger partial charge in [0, 0.05) is 28.8 Å². The Labute approximate surface area is 117 Å². The van der Waals surface area contributed by atoms with Gasteiger partial charge in [0.25, 0.3) is 0 Å². The van der Waals surface area contributed by atoms with E-state index in [0.717, 1.165) is 24.8 Å². The van der Waals surface area contributed by atoms with Gasteiger partial charge in [0.2, 0.25) is 10.0 Å². The Morgan fingerprint density at radius 1 is 1.30 bits per heavy atom. The lowest BCUT2D eigenvalue weighted by molar-refractivity contribution is 0.523. The summed E-state index contributed by atoms with van der Waals surface area (Å²) in [5.41, 5.74) is 7.03. The molecule has 0 radical (unpaired) electrons. The summed E-state index contributed by atoms with van der Waals surface area (Å²) in [6.45, 7) is 0. The van der Waals surface area contributed by atoms with Crippen molar-refractivity contribution >= 4 is 26.6 Å². The predicted molar refractivity (Wildman–Crippen MR) is 79.8 cm³/mol. The fraction of sp³-hybridized carbons (Fsp3) is 0.286. The largest absolute Gasteiger partial charge is 0.399 e. The molecule has 0 fully saturated rings. The molecule has 106 valence electrons. The van der Waals surface area contributed by atoms with Crippen LogP contribution >= 0.6 is 0 Å². The van der Waals surface area contributed by atoms with Crippen LogP contribution in [-0.2, 0) is 10.0 Å². The van der Waals surface area contributed by atoms with Crippen molar-refractivity contribution in [3.8, 4) is 0 Å². The third-order valence-electron chi connectivity index (χ3n) is 3.55. The summed E-state index contributed by atoms with van der Waals surface area (Å²) in [5.74, 6) is 0. The maximum atomic E-state index is 12.5. The van der Waals surface area contributed by atoms with Crippen molar-refractivity contribution in [1.29, 1.82) is 0 Å². The molecule has 0 saturated carbocycles. The molecule has 1 unspecified atom stereocenters. The Kier molecular flexibility index (Phi) is 3.27. The number of nitrogen functional groups attached to an aromatic ring is 1. The van der Waals surface area contributed by atoms with Gasteiger partial charge in [-0.3, -0.25) is 0 Å². The number of fused-ring (bicyclic) bond motifs is 1. The molecule has 1 aromatic heterocycles. The standard InChI is InChI=1S/C14H17N3O2S/c15-10-6-7-12-13(8-10)16-9-14(12)20(18,19)17-11-4-2-1-3-5-11/h1-2,6-9,11,16-17H,3-5,15H2. The SMILES string of the molecule is Nc1ccc2c(S(=O)(=O)NC3CC=CCC3)c[nH]c2c1. The summed E-state index contributed by atoms with van der Waals surface area (Å²) in [4.78, 5) is 3.24. The highest BCUT2D eigenvalue weighted by Crippen LogP contribution is 2.25. The number of aromatic amines is 1. The lowest BCUT2D eigenvalue weighted by atomic mass is 10.0. The fourth-order valence-corrected chi connectivity index (χ4v) is 3.98. The van der Waals surface area contributed by atoms with Crippen molar-refractivity contribution in [3.63, 3.8) is 0 Å². The number of hydrogen-bond donors (Lipinski definition) is 3. The van der Waals surface area contributed by atoms with Crippen molar-refractivity contribution in [1.82, 2.24) is 9.71 Å². The van der Waals surface area contributed by atoms with Crippen LogP contribution in [0.4, 0.5) is 5.69 Å². The molecule has 2 aromatic rings. The maximum Gasteiger partial charge on any atom is 0.242 e. The highest BCUT2D eigenvalue weighted by molar-refractivity contribution is 7.89. The first-order chi connectivity index (χ1) is 9.56. The topological polar surface area (TPSA) is 88.0 Å². The molecule has 6 heteroatoms. The molecule has 0 spiro atoms. The van der Waals surface area contributed by atoms with Crippen LogP contribution in [-0.4, -0.2) is 19.4 Å². The predicted octanol–water partition coefficient (Wildman–Crippen LogP) is 2.14. The van der Waals surface area contributed by atoms with Gasteiger partial charge in [0.15, 0.2) is 0 Å². The molecular formula is C14H17N3O2S. The van der Waals surface area contributed by atoms with Crippen molar-refractivity contribution in [2.75, 3.05) is 5.73 Å². The van der Waals surface area contributed by atoms with Gasteiger partial charge in [0.05, 0.1) is 0 Å². The van der Waals surface area contributed by atoms with Gasteiger partial charge in [-0.15, -0.1) is 0 Å². The zero-order chi connectivity index (χ0) is 14.2. The van der Waals surface area contributed by atoms with Gasteiger partial charge in [-0.1, -0.05) is 12.2 Å². The molecule has 1 heterocycles. The summed E-state index contributed by atoms with van der Waals surface area (Å²) >= 11 is 0. The summed E-state index contributed by atoms with van der Waals surface area (Å²) in [5, 5.41) is 0.665. The number of hydrogen-bond acceptors (Lipinski definition) is 3. The second kappa shape index (κ2) is 4.96. The number of anilines is 1. The summed E-state index contributed by atoms with van der Waals surface area (Å²) in [7, 11) is -3.51. The second-order valence-electron chi connectivity index (χ2n) is 5.06. The van der Waals surface area contributed by atoms with Crippen LogP contribution in [0.2, 0.25) is 0 Å². The van der Waals surface area contributed by atoms with Crippen molar-refractivity contribution < 1.29 is 8.42 Å². The molecule has 3 rings (SSSR count). The maximum absolute atomic E-state index is 12.5. The Balaban J connectivity index is 1.94. The van der Waals surface area contributed by atoms with Gasteiger partial charge in [-0.05, 0) is 37.5 Å². The van der Waals surface area contributed by atoms with Gasteiger partial charge in [-0.25, -0.2) is 13.1 Å². The summed E-state index contributed by atoms with van der Waals surface area (Å²) < 4.78 is 27.7. The molecule has 20 heavy (non-hydrogen) atoms. The molecule has 4 N–H and O–H groups in total. The van der Waals surface area contributed by atoms with Crippen molar-refractivity contribution in [3.05, 3.63) is 36.5 Å². The first-order valence-electron chi connectivity index (χ1n) is 6.60. The summed E-state index contributed by atoms with van der Waals surface area (Å²) in [6, 6.07) is 5.15. The number of H-pyrrole nitrogens is 1. The number of rotatable bonds is 3. The summed E-state index contributed by atoms with van der Waals surface area (Å²) in [6.07, 6.45) is 8.12. The molecular weight excluding hydrogens is 274 g/mol. The van der Waals surface area contributed by atoms with E-state index in [4.69, 9.17) is 5.73 Å². The van der Waals surface area contributed by atoms with E-state index in [0.29, 0.717) is 11.1 Å². The number of nitrogens with two attached hydrogens (primary N) is 1. The molecule has 5 nitrogen and oxygen atoms in total. The third kappa shape index (κ3) is 2.44. The molecule has 1 atom stereocenters. The fourth-order valence-electron chi connectivity index (χ4n) is 2.52. The molecule has 1 aliphatic rings. The minimum atomic E-state index is -3.51. The lowest BCUT2D eigenvalue weighted by Gasteiger charge is -2.19. The Morgan fingerprint density at radius 2 is 2.15 bits per heavy atom. The molecule has 0 saturated heterocycles. The van der Waals surface area contributed by atoms with E-state index in [1.165, 1.54) is 6.20 Å². The van der Waals surface area contributed by atoms with E-state index in [9.17, 15) is 8.42 Å². The van der Waals surface area contributed by atoms with Crippen molar-refractivity contribution in [2.45, 2.75) is 30.2 Å². The van der Waals surface area contributed by atoms with E-state index in [1.807, 2.05) is 6.08 Å². The molecule has 1 aliphatic carbocycles. The van der Waals surface area contributed by atoms with Gasteiger partial charge in [0.1, 0.15) is 4.90 Å². The quantitative estimate of drug-likeness (QED) is 0.598.